The van der Waals surface area contributed by atoms with Gasteiger partial charge in [0, 0.05) is 11.1 Å². The summed E-state index contributed by atoms with van der Waals surface area (Å²) in [6.45, 7) is 2.24. The first-order chi connectivity index (χ1) is 15.9. The molecule has 0 aliphatic heterocycles. The van der Waals surface area contributed by atoms with Gasteiger partial charge in [-0.3, -0.25) is 0 Å². The van der Waals surface area contributed by atoms with Gasteiger partial charge < -0.3 is 0 Å². The Morgan fingerprint density at radius 3 is 2.06 bits per heavy atom. The molecule has 164 valence electrons. The lowest BCUT2D eigenvalue weighted by atomic mass is 10.0. The average molecular weight is 443 g/mol. The van der Waals surface area contributed by atoms with Crippen LogP contribution in [0.1, 0.15) is 16.7 Å². The molecule has 6 heteroatoms. The second-order valence-electron chi connectivity index (χ2n) is 7.98. The SMILES string of the molecule is Cc1ccc(-c2cc(C(F)(F)F)c3c(-c4ccccc4)nn(Cc4ccccc4)c3n2)cc1. The molecule has 0 aliphatic rings. The van der Waals surface area contributed by atoms with Crippen LogP contribution in [0.3, 0.4) is 0 Å². The predicted molar refractivity (Wildman–Crippen MR) is 124 cm³/mol. The number of benzene rings is 3. The van der Waals surface area contributed by atoms with Crippen LogP contribution in [0.5, 0.6) is 0 Å². The first-order valence-corrected chi connectivity index (χ1v) is 10.6. The van der Waals surface area contributed by atoms with Crippen molar-refractivity contribution in [2.24, 2.45) is 0 Å². The molecule has 0 aliphatic carbocycles. The van der Waals surface area contributed by atoms with Crippen molar-refractivity contribution in [3.05, 3.63) is 108 Å². The van der Waals surface area contributed by atoms with Crippen molar-refractivity contribution in [3.63, 3.8) is 0 Å². The maximum Gasteiger partial charge on any atom is 0.417 e. The summed E-state index contributed by atoms with van der Waals surface area (Å²) < 4.78 is 44.6. The van der Waals surface area contributed by atoms with Crippen molar-refractivity contribution in [2.75, 3.05) is 0 Å². The maximum absolute atomic E-state index is 14.3. The van der Waals surface area contributed by atoms with Gasteiger partial charge in [0.2, 0.25) is 0 Å². The summed E-state index contributed by atoms with van der Waals surface area (Å²) in [7, 11) is 0. The smallest absolute Gasteiger partial charge is 0.242 e. The zero-order valence-corrected chi connectivity index (χ0v) is 17.8. The number of hydrogen-bond donors (Lipinski definition) is 0. The molecule has 0 saturated heterocycles. The van der Waals surface area contributed by atoms with Crippen molar-refractivity contribution in [3.8, 4) is 22.5 Å². The fourth-order valence-electron chi connectivity index (χ4n) is 3.93. The maximum atomic E-state index is 14.3. The number of nitrogens with zero attached hydrogens (tertiary/aromatic N) is 3. The van der Waals surface area contributed by atoms with Gasteiger partial charge in [0.15, 0.2) is 5.65 Å². The highest BCUT2D eigenvalue weighted by Gasteiger charge is 2.36. The van der Waals surface area contributed by atoms with Crippen LogP contribution in [-0.4, -0.2) is 14.8 Å². The molecule has 3 nitrogen and oxygen atoms in total. The van der Waals surface area contributed by atoms with Crippen molar-refractivity contribution >= 4 is 11.0 Å². The summed E-state index contributed by atoms with van der Waals surface area (Å²) in [4.78, 5) is 4.69. The van der Waals surface area contributed by atoms with Gasteiger partial charge in [-0.2, -0.15) is 18.3 Å². The molecule has 0 atom stereocenters. The molecule has 0 fully saturated rings. The summed E-state index contributed by atoms with van der Waals surface area (Å²) in [5.41, 5.74) is 3.21. The predicted octanol–water partition coefficient (Wildman–Crippen LogP) is 7.14. The van der Waals surface area contributed by atoms with E-state index in [1.165, 1.54) is 0 Å². The minimum Gasteiger partial charge on any atom is -0.242 e. The van der Waals surface area contributed by atoms with E-state index in [1.54, 1.807) is 41.1 Å². The molecule has 0 amide bonds. The van der Waals surface area contributed by atoms with Crippen molar-refractivity contribution in [2.45, 2.75) is 19.6 Å². The number of hydrogen-bond acceptors (Lipinski definition) is 2. The number of rotatable bonds is 4. The lowest BCUT2D eigenvalue weighted by Gasteiger charge is -2.12. The van der Waals surface area contributed by atoms with E-state index in [4.69, 9.17) is 4.98 Å². The highest BCUT2D eigenvalue weighted by atomic mass is 19.4. The molecule has 0 N–H and O–H groups in total. The number of aromatic nitrogens is 3. The van der Waals surface area contributed by atoms with Crippen LogP contribution in [0, 0.1) is 6.92 Å². The Labute approximate surface area is 189 Å². The number of halogens is 3. The molecule has 0 spiro atoms. The molecule has 2 heterocycles. The van der Waals surface area contributed by atoms with Gasteiger partial charge in [-0.05, 0) is 18.6 Å². The highest BCUT2D eigenvalue weighted by molar-refractivity contribution is 5.95. The third-order valence-corrected chi connectivity index (χ3v) is 5.58. The summed E-state index contributed by atoms with van der Waals surface area (Å²) in [5.74, 6) is 0. The number of fused-ring (bicyclic) bond motifs is 1. The largest absolute Gasteiger partial charge is 0.417 e. The first kappa shape index (κ1) is 20.9. The van der Waals surface area contributed by atoms with Gasteiger partial charge in [-0.25, -0.2) is 9.67 Å². The summed E-state index contributed by atoms with van der Waals surface area (Å²) >= 11 is 0. The van der Waals surface area contributed by atoms with Crippen LogP contribution >= 0.6 is 0 Å². The average Bonchev–Trinajstić information content (AvgIpc) is 3.18. The lowest BCUT2D eigenvalue weighted by Crippen LogP contribution is -2.08. The van der Waals surface area contributed by atoms with Gasteiger partial charge in [0.1, 0.15) is 5.69 Å². The van der Waals surface area contributed by atoms with Crippen molar-refractivity contribution in [1.82, 2.24) is 14.8 Å². The van der Waals surface area contributed by atoms with Gasteiger partial charge in [-0.1, -0.05) is 90.5 Å². The minimum atomic E-state index is -4.56. The quantitative estimate of drug-likeness (QED) is 0.296. The molecule has 0 unspecified atom stereocenters. The Bertz CT molecular complexity index is 1410. The van der Waals surface area contributed by atoms with Crippen LogP contribution in [0.2, 0.25) is 0 Å². The zero-order valence-electron chi connectivity index (χ0n) is 17.8. The Balaban J connectivity index is 1.82. The Kier molecular flexibility index (Phi) is 5.21. The van der Waals surface area contributed by atoms with E-state index < -0.39 is 11.7 Å². The monoisotopic (exact) mass is 443 g/mol. The molecule has 0 bridgehead atoms. The van der Waals surface area contributed by atoms with Crippen LogP contribution < -0.4 is 0 Å². The summed E-state index contributed by atoms with van der Waals surface area (Å²) in [5, 5.41) is 4.65. The van der Waals surface area contributed by atoms with E-state index in [9.17, 15) is 13.2 Å². The number of pyridine rings is 1. The Hall–Kier alpha value is -3.93. The van der Waals surface area contributed by atoms with E-state index in [2.05, 4.69) is 5.10 Å². The fourth-order valence-corrected chi connectivity index (χ4v) is 3.93. The topological polar surface area (TPSA) is 30.7 Å². The molecule has 0 saturated carbocycles. The lowest BCUT2D eigenvalue weighted by molar-refractivity contribution is -0.136. The standard InChI is InChI=1S/C27H20F3N3/c1-18-12-14-20(15-13-18)23-16-22(27(28,29)30)24-25(21-10-6-3-7-11-21)32-33(26(24)31-23)17-19-8-4-2-5-9-19/h2-16H,17H2,1H3. The van der Waals surface area contributed by atoms with Crippen molar-refractivity contribution in [1.29, 1.82) is 0 Å². The summed E-state index contributed by atoms with van der Waals surface area (Å²) in [6, 6.07) is 26.9. The first-order valence-electron chi connectivity index (χ1n) is 10.6. The molecule has 5 rings (SSSR count). The molecular formula is C27H20F3N3. The number of alkyl halides is 3. The minimum absolute atomic E-state index is 0.0143. The molecule has 2 aromatic heterocycles. The van der Waals surface area contributed by atoms with E-state index in [-0.39, 0.29) is 22.4 Å². The van der Waals surface area contributed by atoms with E-state index in [0.717, 1.165) is 17.2 Å². The Morgan fingerprint density at radius 2 is 1.42 bits per heavy atom. The van der Waals surface area contributed by atoms with Crippen LogP contribution in [0.15, 0.2) is 91.0 Å². The van der Waals surface area contributed by atoms with Gasteiger partial charge in [-0.15, -0.1) is 0 Å². The number of aryl methyl sites for hydroxylation is 1. The second kappa shape index (κ2) is 8.20. The zero-order chi connectivity index (χ0) is 23.0. The van der Waals surface area contributed by atoms with Crippen LogP contribution in [0.25, 0.3) is 33.5 Å². The van der Waals surface area contributed by atoms with Gasteiger partial charge in [0.05, 0.1) is 23.2 Å². The normalized spacial score (nSPS) is 11.8. The fraction of sp³-hybridized carbons (Fsp3) is 0.111. The van der Waals surface area contributed by atoms with Crippen LogP contribution in [0.4, 0.5) is 13.2 Å². The molecule has 5 aromatic rings. The van der Waals surface area contributed by atoms with E-state index >= 15 is 0 Å². The third kappa shape index (κ3) is 4.12. The Morgan fingerprint density at radius 1 is 0.788 bits per heavy atom. The highest BCUT2D eigenvalue weighted by Crippen LogP contribution is 2.41. The van der Waals surface area contributed by atoms with Crippen molar-refractivity contribution < 1.29 is 13.2 Å². The van der Waals surface area contributed by atoms with Crippen LogP contribution in [-0.2, 0) is 12.7 Å². The second-order valence-corrected chi connectivity index (χ2v) is 7.98. The van der Waals surface area contributed by atoms with Gasteiger partial charge >= 0.3 is 6.18 Å². The molecule has 33 heavy (non-hydrogen) atoms. The van der Waals surface area contributed by atoms with E-state index in [0.29, 0.717) is 17.7 Å². The summed E-state index contributed by atoms with van der Waals surface area (Å²) in [6.07, 6.45) is -4.56. The molecule has 3 aromatic carbocycles. The molecular weight excluding hydrogens is 423 g/mol. The molecule has 0 radical (unpaired) electrons. The van der Waals surface area contributed by atoms with Gasteiger partial charge in [0.25, 0.3) is 0 Å². The third-order valence-electron chi connectivity index (χ3n) is 5.58. The van der Waals surface area contributed by atoms with E-state index in [1.807, 2.05) is 55.5 Å².